The maximum atomic E-state index is 14.6. The summed E-state index contributed by atoms with van der Waals surface area (Å²) in [4.78, 5) is 17.5. The maximum absolute atomic E-state index is 14.6. The molecule has 220 valence electrons. The highest BCUT2D eigenvalue weighted by molar-refractivity contribution is 7.92. The van der Waals surface area contributed by atoms with Crippen LogP contribution >= 0.6 is 0 Å². The first-order valence-electron chi connectivity index (χ1n) is 13.4. The van der Waals surface area contributed by atoms with Crippen molar-refractivity contribution < 1.29 is 21.9 Å². The molecular formula is C31H32F2N4O4S. The van der Waals surface area contributed by atoms with Crippen LogP contribution < -0.4 is 15.0 Å². The predicted molar refractivity (Wildman–Crippen MR) is 160 cm³/mol. The molecular weight excluding hydrogens is 562 g/mol. The van der Waals surface area contributed by atoms with Gasteiger partial charge < -0.3 is 14.2 Å². The summed E-state index contributed by atoms with van der Waals surface area (Å²) in [5, 5.41) is 0. The van der Waals surface area contributed by atoms with E-state index in [4.69, 9.17) is 4.74 Å². The Morgan fingerprint density at radius 3 is 2.19 bits per heavy atom. The van der Waals surface area contributed by atoms with E-state index in [1.165, 1.54) is 28.8 Å². The molecule has 0 spiro atoms. The van der Waals surface area contributed by atoms with E-state index in [0.717, 1.165) is 62.2 Å². The Hall–Kier alpha value is -4.06. The Labute approximate surface area is 243 Å². The first-order chi connectivity index (χ1) is 19.9. The average Bonchev–Trinajstić information content (AvgIpc) is 2.93. The van der Waals surface area contributed by atoms with Gasteiger partial charge in [-0.2, -0.15) is 0 Å². The zero-order valence-electron chi connectivity index (χ0n) is 23.6. The van der Waals surface area contributed by atoms with E-state index in [1.54, 1.807) is 19.3 Å². The molecule has 3 aromatic carbocycles. The molecule has 1 fully saturated rings. The van der Waals surface area contributed by atoms with E-state index in [0.29, 0.717) is 16.7 Å². The third kappa shape index (κ3) is 7.04. The SMILES string of the molecule is CN1CCN(Cc2ccc(-c3cc(=O)n(C)cc3-c3cc(NS(C)(=O)=O)ccc3Oc3ccc(F)cc3F)cc2)CC1. The van der Waals surface area contributed by atoms with Gasteiger partial charge in [0.2, 0.25) is 10.0 Å². The van der Waals surface area contributed by atoms with Gasteiger partial charge in [-0.05, 0) is 54.1 Å². The lowest BCUT2D eigenvalue weighted by Crippen LogP contribution is -2.43. The van der Waals surface area contributed by atoms with E-state index >= 15 is 0 Å². The van der Waals surface area contributed by atoms with E-state index in [1.807, 2.05) is 24.3 Å². The molecule has 0 saturated carbocycles. The second-order valence-corrected chi connectivity index (χ2v) is 12.3. The van der Waals surface area contributed by atoms with E-state index < -0.39 is 21.7 Å². The molecule has 1 aromatic heterocycles. The second kappa shape index (κ2) is 12.0. The Balaban J connectivity index is 1.58. The minimum Gasteiger partial charge on any atom is -0.454 e. The number of halogens is 2. The number of hydrogen-bond donors (Lipinski definition) is 1. The highest BCUT2D eigenvalue weighted by Gasteiger charge is 2.19. The highest BCUT2D eigenvalue weighted by atomic mass is 32.2. The molecule has 5 rings (SSSR count). The van der Waals surface area contributed by atoms with Crippen LogP contribution in [0.25, 0.3) is 22.3 Å². The lowest BCUT2D eigenvalue weighted by atomic mass is 9.94. The molecule has 4 aromatic rings. The maximum Gasteiger partial charge on any atom is 0.250 e. The average molecular weight is 595 g/mol. The molecule has 0 aliphatic carbocycles. The molecule has 0 radical (unpaired) electrons. The lowest BCUT2D eigenvalue weighted by molar-refractivity contribution is 0.148. The van der Waals surface area contributed by atoms with Gasteiger partial charge in [-0.25, -0.2) is 17.2 Å². The second-order valence-electron chi connectivity index (χ2n) is 10.6. The highest BCUT2D eigenvalue weighted by Crippen LogP contribution is 2.40. The Morgan fingerprint density at radius 1 is 0.833 bits per heavy atom. The monoisotopic (exact) mass is 594 g/mol. The fraction of sp³-hybridized carbons (Fsp3) is 0.258. The van der Waals surface area contributed by atoms with Gasteiger partial charge in [0.1, 0.15) is 11.6 Å². The predicted octanol–water partition coefficient (Wildman–Crippen LogP) is 4.91. The summed E-state index contributed by atoms with van der Waals surface area (Å²) in [6.45, 7) is 4.85. The number of likely N-dealkylation sites (N-methyl/N-ethyl adjacent to an activating group) is 1. The van der Waals surface area contributed by atoms with Crippen LogP contribution in [0, 0.1) is 11.6 Å². The van der Waals surface area contributed by atoms with Crippen LogP contribution in [0.1, 0.15) is 5.56 Å². The summed E-state index contributed by atoms with van der Waals surface area (Å²) in [6.07, 6.45) is 2.66. The van der Waals surface area contributed by atoms with Crippen molar-refractivity contribution in [1.82, 2.24) is 14.4 Å². The van der Waals surface area contributed by atoms with Gasteiger partial charge in [0.25, 0.3) is 5.56 Å². The van der Waals surface area contributed by atoms with Crippen molar-refractivity contribution in [3.05, 3.63) is 100 Å². The van der Waals surface area contributed by atoms with Gasteiger partial charge in [0.15, 0.2) is 11.6 Å². The first-order valence-corrected chi connectivity index (χ1v) is 15.3. The number of anilines is 1. The molecule has 8 nitrogen and oxygen atoms in total. The van der Waals surface area contributed by atoms with Crippen LogP contribution in [-0.2, 0) is 23.6 Å². The van der Waals surface area contributed by atoms with Crippen molar-refractivity contribution in [3.63, 3.8) is 0 Å². The summed E-state index contributed by atoms with van der Waals surface area (Å²) in [5.74, 6) is -1.66. The molecule has 1 aliphatic heterocycles. The van der Waals surface area contributed by atoms with Crippen LogP contribution in [0.2, 0.25) is 0 Å². The molecule has 0 bridgehead atoms. The van der Waals surface area contributed by atoms with Crippen molar-refractivity contribution >= 4 is 15.7 Å². The molecule has 0 amide bonds. The number of hydrogen-bond acceptors (Lipinski definition) is 6. The third-order valence-electron chi connectivity index (χ3n) is 7.18. The van der Waals surface area contributed by atoms with Gasteiger partial charge in [-0.3, -0.25) is 14.4 Å². The summed E-state index contributed by atoms with van der Waals surface area (Å²) >= 11 is 0. The number of benzene rings is 3. The Kier molecular flexibility index (Phi) is 8.44. The van der Waals surface area contributed by atoms with Gasteiger partial charge in [0, 0.05) is 74.9 Å². The molecule has 42 heavy (non-hydrogen) atoms. The van der Waals surface area contributed by atoms with Crippen molar-refractivity contribution in [3.8, 4) is 33.8 Å². The van der Waals surface area contributed by atoms with Crippen molar-refractivity contribution in [2.45, 2.75) is 6.54 Å². The van der Waals surface area contributed by atoms with Crippen LogP contribution in [0.4, 0.5) is 14.5 Å². The molecule has 1 N–H and O–H groups in total. The molecule has 0 atom stereocenters. The Bertz CT molecular complexity index is 1770. The standard InChI is InChI=1S/C31H32F2N4O4S/c1-35-12-14-37(15-13-35)19-21-4-6-22(7-5-21)25-18-31(38)36(2)20-27(25)26-17-24(34-42(3,39)40)9-11-29(26)41-30-10-8-23(32)16-28(30)33/h4-11,16-18,20,34H,12-15,19H2,1-3H3. The van der Waals surface area contributed by atoms with Crippen LogP contribution in [0.5, 0.6) is 11.5 Å². The normalized spacial score (nSPS) is 14.6. The molecule has 1 aliphatic rings. The van der Waals surface area contributed by atoms with Gasteiger partial charge in [-0.1, -0.05) is 24.3 Å². The summed E-state index contributed by atoms with van der Waals surface area (Å²) in [6, 6.07) is 17.0. The van der Waals surface area contributed by atoms with Crippen LogP contribution in [0.3, 0.4) is 0 Å². The number of sulfonamides is 1. The Morgan fingerprint density at radius 2 is 1.52 bits per heavy atom. The number of piperazine rings is 1. The minimum atomic E-state index is -3.61. The van der Waals surface area contributed by atoms with Gasteiger partial charge in [0.05, 0.1) is 6.26 Å². The number of aryl methyl sites for hydroxylation is 1. The van der Waals surface area contributed by atoms with E-state index in [-0.39, 0.29) is 22.7 Å². The lowest BCUT2D eigenvalue weighted by Gasteiger charge is -2.32. The largest absolute Gasteiger partial charge is 0.454 e. The van der Waals surface area contributed by atoms with Crippen molar-refractivity contribution in [1.29, 1.82) is 0 Å². The number of aromatic nitrogens is 1. The van der Waals surface area contributed by atoms with E-state index in [2.05, 4.69) is 21.6 Å². The first kappa shape index (κ1) is 29.4. The third-order valence-corrected chi connectivity index (χ3v) is 7.79. The fourth-order valence-corrected chi connectivity index (χ4v) is 5.48. The summed E-state index contributed by atoms with van der Waals surface area (Å²) in [5.41, 5.74) is 3.46. The van der Waals surface area contributed by atoms with Crippen LogP contribution in [0.15, 0.2) is 77.7 Å². The summed E-state index contributed by atoms with van der Waals surface area (Å²) in [7, 11) is 0.112. The number of ether oxygens (including phenoxy) is 1. The topological polar surface area (TPSA) is 83.9 Å². The van der Waals surface area contributed by atoms with Gasteiger partial charge >= 0.3 is 0 Å². The number of nitrogens with one attached hydrogen (secondary N) is 1. The van der Waals surface area contributed by atoms with Crippen molar-refractivity contribution in [2.75, 3.05) is 44.2 Å². The van der Waals surface area contributed by atoms with E-state index in [9.17, 15) is 22.0 Å². The van der Waals surface area contributed by atoms with Gasteiger partial charge in [-0.15, -0.1) is 0 Å². The zero-order valence-corrected chi connectivity index (χ0v) is 24.4. The smallest absolute Gasteiger partial charge is 0.250 e. The molecule has 11 heteroatoms. The molecule has 2 heterocycles. The number of nitrogens with zero attached hydrogens (tertiary/aromatic N) is 3. The quantitative estimate of drug-likeness (QED) is 0.312. The molecule has 1 saturated heterocycles. The zero-order chi connectivity index (χ0) is 30.0. The minimum absolute atomic E-state index is 0.186. The number of pyridine rings is 1. The molecule has 0 unspecified atom stereocenters. The van der Waals surface area contributed by atoms with Crippen LogP contribution in [-0.4, -0.2) is 62.3 Å². The summed E-state index contributed by atoms with van der Waals surface area (Å²) < 4.78 is 61.8. The van der Waals surface area contributed by atoms with Crippen molar-refractivity contribution in [2.24, 2.45) is 7.05 Å². The fourth-order valence-electron chi connectivity index (χ4n) is 4.92. The number of rotatable bonds is 8.